The summed E-state index contributed by atoms with van der Waals surface area (Å²) in [7, 11) is 1.90. The average Bonchev–Trinajstić information content (AvgIpc) is 2.39. The number of benzene rings is 1. The van der Waals surface area contributed by atoms with Crippen LogP contribution in [0.25, 0.3) is 0 Å². The van der Waals surface area contributed by atoms with Crippen LogP contribution in [0, 0.1) is 13.8 Å². The number of halogens is 2. The van der Waals surface area contributed by atoms with Gasteiger partial charge in [-0.3, -0.25) is 0 Å². The summed E-state index contributed by atoms with van der Waals surface area (Å²) in [6.07, 6.45) is 1.74. The number of pyridine rings is 1. The van der Waals surface area contributed by atoms with Crippen LogP contribution in [0.4, 0.5) is 0 Å². The van der Waals surface area contributed by atoms with Crippen molar-refractivity contribution in [3.05, 3.63) is 50.0 Å². The van der Waals surface area contributed by atoms with E-state index in [1.807, 2.05) is 39.1 Å². The molecule has 1 heterocycles. The Bertz CT molecular complexity index is 606. The Morgan fingerprint density at radius 1 is 1.15 bits per heavy atom. The Balaban J connectivity index is 2.34. The lowest BCUT2D eigenvalue weighted by Gasteiger charge is -2.12. The fraction of sp³-hybridized carbons (Fsp3) is 0.267. The summed E-state index contributed by atoms with van der Waals surface area (Å²) in [5.41, 5.74) is 3.31. The number of nitrogens with one attached hydrogen (secondary N) is 1. The van der Waals surface area contributed by atoms with E-state index >= 15 is 0 Å². The SMILES string of the molecule is CNCc1cc(Br)cnc1Oc1cc(C)c(Br)c(C)c1. The van der Waals surface area contributed by atoms with Gasteiger partial charge in [0.1, 0.15) is 5.75 Å². The zero-order valence-electron chi connectivity index (χ0n) is 11.6. The second kappa shape index (κ2) is 6.70. The predicted octanol–water partition coefficient (Wildman–Crippen LogP) is 4.74. The molecular formula is C15H16Br2N2O. The molecule has 0 aliphatic carbocycles. The van der Waals surface area contributed by atoms with Gasteiger partial charge in [-0.15, -0.1) is 0 Å². The van der Waals surface area contributed by atoms with Crippen LogP contribution >= 0.6 is 31.9 Å². The Kier molecular flexibility index (Phi) is 5.18. The quantitative estimate of drug-likeness (QED) is 0.806. The van der Waals surface area contributed by atoms with Gasteiger partial charge in [0.15, 0.2) is 0 Å². The molecule has 20 heavy (non-hydrogen) atoms. The van der Waals surface area contributed by atoms with E-state index in [1.165, 1.54) is 0 Å². The Morgan fingerprint density at radius 2 is 1.80 bits per heavy atom. The van der Waals surface area contributed by atoms with Gasteiger partial charge in [0, 0.05) is 27.3 Å². The lowest BCUT2D eigenvalue weighted by molar-refractivity contribution is 0.453. The molecule has 0 saturated heterocycles. The Hall–Kier alpha value is -0.910. The molecule has 0 radical (unpaired) electrons. The standard InChI is InChI=1S/C15H16Br2N2O/c1-9-4-13(5-10(2)14(9)17)20-15-11(7-18-3)6-12(16)8-19-15/h4-6,8,18H,7H2,1-3H3. The largest absolute Gasteiger partial charge is 0.439 e. The molecule has 1 N–H and O–H groups in total. The molecule has 0 spiro atoms. The van der Waals surface area contributed by atoms with Gasteiger partial charge < -0.3 is 10.1 Å². The van der Waals surface area contributed by atoms with E-state index in [9.17, 15) is 0 Å². The van der Waals surface area contributed by atoms with E-state index in [0.717, 1.165) is 31.4 Å². The Labute approximate surface area is 136 Å². The third kappa shape index (κ3) is 3.59. The maximum atomic E-state index is 5.94. The molecule has 0 fully saturated rings. The van der Waals surface area contributed by atoms with Gasteiger partial charge in [-0.1, -0.05) is 15.9 Å². The first-order valence-corrected chi connectivity index (χ1v) is 7.83. The van der Waals surface area contributed by atoms with Crippen molar-refractivity contribution >= 4 is 31.9 Å². The van der Waals surface area contributed by atoms with Crippen LogP contribution in [0.3, 0.4) is 0 Å². The molecule has 2 rings (SSSR count). The highest BCUT2D eigenvalue weighted by Gasteiger charge is 2.09. The number of aryl methyl sites for hydroxylation is 2. The first-order chi connectivity index (χ1) is 9.51. The normalized spacial score (nSPS) is 10.7. The van der Waals surface area contributed by atoms with Crippen molar-refractivity contribution in [3.8, 4) is 11.6 Å². The maximum Gasteiger partial charge on any atom is 0.223 e. The molecule has 0 aliphatic rings. The van der Waals surface area contributed by atoms with Crippen LogP contribution in [0.2, 0.25) is 0 Å². The third-order valence-electron chi connectivity index (χ3n) is 2.88. The molecule has 0 atom stereocenters. The van der Waals surface area contributed by atoms with E-state index in [0.29, 0.717) is 12.4 Å². The molecule has 0 saturated carbocycles. The highest BCUT2D eigenvalue weighted by molar-refractivity contribution is 9.10. The Morgan fingerprint density at radius 3 is 2.40 bits per heavy atom. The van der Waals surface area contributed by atoms with E-state index in [2.05, 4.69) is 42.2 Å². The summed E-state index contributed by atoms with van der Waals surface area (Å²) < 4.78 is 8.00. The fourth-order valence-electron chi connectivity index (χ4n) is 1.95. The monoisotopic (exact) mass is 398 g/mol. The van der Waals surface area contributed by atoms with Crippen LogP contribution in [-0.2, 0) is 6.54 Å². The number of ether oxygens (including phenoxy) is 1. The topological polar surface area (TPSA) is 34.2 Å². The van der Waals surface area contributed by atoms with Crippen molar-refractivity contribution in [1.29, 1.82) is 0 Å². The summed E-state index contributed by atoms with van der Waals surface area (Å²) in [5.74, 6) is 1.43. The van der Waals surface area contributed by atoms with Crippen LogP contribution in [-0.4, -0.2) is 12.0 Å². The van der Waals surface area contributed by atoms with Gasteiger partial charge >= 0.3 is 0 Å². The number of nitrogens with zero attached hydrogens (tertiary/aromatic N) is 1. The molecule has 106 valence electrons. The highest BCUT2D eigenvalue weighted by Crippen LogP contribution is 2.30. The van der Waals surface area contributed by atoms with Crippen molar-refractivity contribution in [1.82, 2.24) is 10.3 Å². The van der Waals surface area contributed by atoms with E-state index in [-0.39, 0.29) is 0 Å². The van der Waals surface area contributed by atoms with Gasteiger partial charge in [-0.25, -0.2) is 4.98 Å². The maximum absolute atomic E-state index is 5.94. The number of rotatable bonds is 4. The number of hydrogen-bond donors (Lipinski definition) is 1. The van der Waals surface area contributed by atoms with E-state index in [4.69, 9.17) is 4.74 Å². The van der Waals surface area contributed by atoms with E-state index < -0.39 is 0 Å². The minimum absolute atomic E-state index is 0.628. The van der Waals surface area contributed by atoms with Crippen LogP contribution in [0.15, 0.2) is 33.3 Å². The fourth-order valence-corrected chi connectivity index (χ4v) is 2.56. The van der Waals surface area contributed by atoms with Gasteiger partial charge in [0.2, 0.25) is 5.88 Å². The second-order valence-corrected chi connectivity index (χ2v) is 6.33. The highest BCUT2D eigenvalue weighted by atomic mass is 79.9. The second-order valence-electron chi connectivity index (χ2n) is 4.62. The van der Waals surface area contributed by atoms with Crippen molar-refractivity contribution < 1.29 is 4.74 Å². The molecule has 2 aromatic rings. The smallest absolute Gasteiger partial charge is 0.223 e. The van der Waals surface area contributed by atoms with Gasteiger partial charge in [-0.05, 0) is 66.2 Å². The number of hydrogen-bond acceptors (Lipinski definition) is 3. The van der Waals surface area contributed by atoms with Crippen LogP contribution in [0.5, 0.6) is 11.6 Å². The average molecular weight is 400 g/mol. The van der Waals surface area contributed by atoms with Gasteiger partial charge in [0.25, 0.3) is 0 Å². The summed E-state index contributed by atoms with van der Waals surface area (Å²) in [5, 5.41) is 3.12. The van der Waals surface area contributed by atoms with Crippen LogP contribution in [0.1, 0.15) is 16.7 Å². The van der Waals surface area contributed by atoms with E-state index in [1.54, 1.807) is 6.20 Å². The first kappa shape index (κ1) is 15.5. The van der Waals surface area contributed by atoms with Crippen molar-refractivity contribution in [2.45, 2.75) is 20.4 Å². The predicted molar refractivity (Wildman–Crippen MR) is 88.4 cm³/mol. The number of aromatic nitrogens is 1. The summed E-state index contributed by atoms with van der Waals surface area (Å²) in [6.45, 7) is 4.80. The molecule has 5 heteroatoms. The third-order valence-corrected chi connectivity index (χ3v) is 4.57. The lowest BCUT2D eigenvalue weighted by atomic mass is 10.1. The molecule has 0 bridgehead atoms. The van der Waals surface area contributed by atoms with Crippen molar-refractivity contribution in [2.24, 2.45) is 0 Å². The van der Waals surface area contributed by atoms with Crippen molar-refractivity contribution in [3.63, 3.8) is 0 Å². The van der Waals surface area contributed by atoms with Crippen LogP contribution < -0.4 is 10.1 Å². The molecule has 0 unspecified atom stereocenters. The zero-order valence-corrected chi connectivity index (χ0v) is 14.8. The minimum atomic E-state index is 0.628. The van der Waals surface area contributed by atoms with Gasteiger partial charge in [-0.2, -0.15) is 0 Å². The summed E-state index contributed by atoms with van der Waals surface area (Å²) >= 11 is 6.99. The summed E-state index contributed by atoms with van der Waals surface area (Å²) in [6, 6.07) is 6.02. The van der Waals surface area contributed by atoms with Gasteiger partial charge in [0.05, 0.1) is 0 Å². The molecule has 3 nitrogen and oxygen atoms in total. The molecule has 1 aromatic heterocycles. The first-order valence-electron chi connectivity index (χ1n) is 6.25. The minimum Gasteiger partial charge on any atom is -0.439 e. The lowest BCUT2D eigenvalue weighted by Crippen LogP contribution is -2.07. The molecule has 0 aliphatic heterocycles. The zero-order chi connectivity index (χ0) is 14.7. The molecule has 0 amide bonds. The van der Waals surface area contributed by atoms with Crippen molar-refractivity contribution in [2.75, 3.05) is 7.05 Å². The summed E-state index contributed by atoms with van der Waals surface area (Å²) in [4.78, 5) is 4.35. The molecular weight excluding hydrogens is 384 g/mol. The molecule has 1 aromatic carbocycles.